The molecule has 0 saturated carbocycles. The van der Waals surface area contributed by atoms with E-state index in [1.807, 2.05) is 12.1 Å². The largest absolute Gasteiger partial charge is 0.454 e. The van der Waals surface area contributed by atoms with Gasteiger partial charge in [-0.05, 0) is 54.3 Å². The molecule has 10 heteroatoms. The summed E-state index contributed by atoms with van der Waals surface area (Å²) in [5, 5.41) is 6.18. The second-order valence-corrected chi connectivity index (χ2v) is 8.25. The van der Waals surface area contributed by atoms with Crippen LogP contribution in [0.25, 0.3) is 10.9 Å². The van der Waals surface area contributed by atoms with Crippen molar-refractivity contribution in [3.63, 3.8) is 0 Å². The maximum atomic E-state index is 13.6. The summed E-state index contributed by atoms with van der Waals surface area (Å²) in [6.45, 7) is 0.669. The fourth-order valence-electron chi connectivity index (χ4n) is 4.19. The average molecular weight is 466 g/mol. The van der Waals surface area contributed by atoms with Gasteiger partial charge in [0, 0.05) is 36.6 Å². The first-order valence-electron chi connectivity index (χ1n) is 11.0. The van der Waals surface area contributed by atoms with E-state index in [9.17, 15) is 18.8 Å². The van der Waals surface area contributed by atoms with Crippen molar-refractivity contribution in [2.75, 3.05) is 13.3 Å². The van der Waals surface area contributed by atoms with Gasteiger partial charge >= 0.3 is 6.03 Å². The van der Waals surface area contributed by atoms with E-state index >= 15 is 0 Å². The number of imide groups is 1. The van der Waals surface area contributed by atoms with Gasteiger partial charge in [0.15, 0.2) is 11.5 Å². The van der Waals surface area contributed by atoms with Crippen molar-refractivity contribution in [1.82, 2.24) is 20.5 Å². The van der Waals surface area contributed by atoms with Gasteiger partial charge in [-0.1, -0.05) is 6.07 Å². The molecular formula is C24H23FN4O5. The first kappa shape index (κ1) is 21.7. The summed E-state index contributed by atoms with van der Waals surface area (Å²) in [4.78, 5) is 41.5. The van der Waals surface area contributed by atoms with Crippen molar-refractivity contribution in [3.8, 4) is 11.5 Å². The highest BCUT2D eigenvalue weighted by Gasteiger charge is 2.37. The Morgan fingerprint density at radius 1 is 1.15 bits per heavy atom. The maximum Gasteiger partial charge on any atom is 0.324 e. The Kier molecular flexibility index (Phi) is 5.79. The van der Waals surface area contributed by atoms with Gasteiger partial charge in [-0.15, -0.1) is 0 Å². The second-order valence-electron chi connectivity index (χ2n) is 8.25. The molecule has 2 aliphatic rings. The standard InChI is InChI=1S/C24H23FN4O5/c25-16-2-3-18-17(10-16)15(12-26-18)7-8-29-23(31)19(28-24(29)32)4-6-22(30)27-11-14-1-5-20-21(9-14)34-13-33-20/h1-3,5,9-10,12,19,26H,4,6-8,11,13H2,(H,27,30)(H,28,32). The number of carbonyl (C=O) groups is 3. The van der Waals surface area contributed by atoms with E-state index in [0.29, 0.717) is 24.5 Å². The lowest BCUT2D eigenvalue weighted by molar-refractivity contribution is -0.127. The van der Waals surface area contributed by atoms with Crippen LogP contribution in [0.5, 0.6) is 11.5 Å². The molecule has 0 bridgehead atoms. The number of hydrogen-bond donors (Lipinski definition) is 3. The molecule has 1 fully saturated rings. The van der Waals surface area contributed by atoms with E-state index in [0.717, 1.165) is 26.9 Å². The number of ether oxygens (including phenoxy) is 2. The normalized spacial score (nSPS) is 16.9. The number of H-pyrrole nitrogens is 1. The van der Waals surface area contributed by atoms with Crippen LogP contribution in [0, 0.1) is 5.82 Å². The summed E-state index contributed by atoms with van der Waals surface area (Å²) in [5.41, 5.74) is 2.48. The zero-order valence-corrected chi connectivity index (χ0v) is 18.2. The van der Waals surface area contributed by atoms with Crippen molar-refractivity contribution in [3.05, 3.63) is 59.5 Å². The highest BCUT2D eigenvalue weighted by atomic mass is 19.1. The molecule has 3 heterocycles. The molecule has 1 saturated heterocycles. The summed E-state index contributed by atoms with van der Waals surface area (Å²) >= 11 is 0. The molecular weight excluding hydrogens is 443 g/mol. The van der Waals surface area contributed by atoms with E-state index < -0.39 is 12.1 Å². The molecule has 34 heavy (non-hydrogen) atoms. The molecule has 5 rings (SSSR count). The van der Waals surface area contributed by atoms with Crippen LogP contribution in [0.1, 0.15) is 24.0 Å². The number of nitrogens with zero attached hydrogens (tertiary/aromatic N) is 1. The van der Waals surface area contributed by atoms with Crippen molar-refractivity contribution in [2.45, 2.75) is 31.8 Å². The van der Waals surface area contributed by atoms with Crippen LogP contribution in [0.2, 0.25) is 0 Å². The molecule has 4 amide bonds. The lowest BCUT2D eigenvalue weighted by Gasteiger charge is -2.13. The maximum absolute atomic E-state index is 13.6. The third-order valence-electron chi connectivity index (χ3n) is 6.03. The van der Waals surface area contributed by atoms with Gasteiger partial charge < -0.3 is 25.1 Å². The van der Waals surface area contributed by atoms with Gasteiger partial charge in [0.05, 0.1) is 0 Å². The topological polar surface area (TPSA) is 113 Å². The molecule has 9 nitrogen and oxygen atoms in total. The van der Waals surface area contributed by atoms with Crippen LogP contribution in [0.4, 0.5) is 9.18 Å². The van der Waals surface area contributed by atoms with Crippen LogP contribution < -0.4 is 20.1 Å². The summed E-state index contributed by atoms with van der Waals surface area (Å²) in [5.74, 6) is 0.384. The number of amides is 4. The van der Waals surface area contributed by atoms with Gasteiger partial charge in [0.25, 0.3) is 5.91 Å². The van der Waals surface area contributed by atoms with Crippen LogP contribution in [0.15, 0.2) is 42.6 Å². The van der Waals surface area contributed by atoms with Gasteiger partial charge in [-0.25, -0.2) is 9.18 Å². The Bertz CT molecular complexity index is 1270. The van der Waals surface area contributed by atoms with E-state index in [4.69, 9.17) is 9.47 Å². The molecule has 3 aromatic rings. The number of halogens is 1. The number of nitrogens with one attached hydrogen (secondary N) is 3. The molecule has 176 valence electrons. The monoisotopic (exact) mass is 466 g/mol. The molecule has 0 spiro atoms. The van der Waals surface area contributed by atoms with Crippen LogP contribution in [-0.2, 0) is 22.6 Å². The fourth-order valence-corrected chi connectivity index (χ4v) is 4.19. The molecule has 3 N–H and O–H groups in total. The van der Waals surface area contributed by atoms with Gasteiger partial charge in [-0.3, -0.25) is 14.5 Å². The first-order valence-corrected chi connectivity index (χ1v) is 11.0. The van der Waals surface area contributed by atoms with Crippen molar-refractivity contribution < 1.29 is 28.2 Å². The number of benzene rings is 2. The lowest BCUT2D eigenvalue weighted by Crippen LogP contribution is -2.33. The Morgan fingerprint density at radius 3 is 2.88 bits per heavy atom. The zero-order valence-electron chi connectivity index (χ0n) is 18.2. The minimum atomic E-state index is -0.746. The quantitative estimate of drug-likeness (QED) is 0.442. The van der Waals surface area contributed by atoms with Crippen LogP contribution in [0.3, 0.4) is 0 Å². The lowest BCUT2D eigenvalue weighted by atomic mass is 10.1. The Balaban J connectivity index is 1.10. The predicted molar refractivity (Wildman–Crippen MR) is 120 cm³/mol. The predicted octanol–water partition coefficient (Wildman–Crippen LogP) is 2.60. The number of fused-ring (bicyclic) bond motifs is 2. The highest BCUT2D eigenvalue weighted by Crippen LogP contribution is 2.32. The number of aromatic amines is 1. The average Bonchev–Trinajstić information content (AvgIpc) is 3.52. The highest BCUT2D eigenvalue weighted by molar-refractivity contribution is 6.04. The summed E-state index contributed by atoms with van der Waals surface area (Å²) in [6.07, 6.45) is 2.44. The van der Waals surface area contributed by atoms with Gasteiger partial charge in [0.1, 0.15) is 11.9 Å². The zero-order chi connectivity index (χ0) is 23.7. The SMILES string of the molecule is O=C(CCC1NC(=O)N(CCc2c[nH]c3ccc(F)cc23)C1=O)NCc1ccc2c(c1)OCO2. The number of carbonyl (C=O) groups excluding carboxylic acids is 3. The first-order chi connectivity index (χ1) is 16.5. The van der Waals surface area contributed by atoms with E-state index in [1.165, 1.54) is 12.1 Å². The number of rotatable bonds is 8. The number of urea groups is 1. The number of hydrogen-bond acceptors (Lipinski definition) is 5. The van der Waals surface area contributed by atoms with Crippen molar-refractivity contribution in [2.24, 2.45) is 0 Å². The van der Waals surface area contributed by atoms with E-state index in [2.05, 4.69) is 15.6 Å². The Hall–Kier alpha value is -4.08. The van der Waals surface area contributed by atoms with E-state index in [1.54, 1.807) is 18.3 Å². The fraction of sp³-hybridized carbons (Fsp3) is 0.292. The molecule has 2 aromatic carbocycles. The third kappa shape index (κ3) is 4.39. The molecule has 1 atom stereocenters. The molecule has 2 aliphatic heterocycles. The third-order valence-corrected chi connectivity index (χ3v) is 6.03. The summed E-state index contributed by atoms with van der Waals surface area (Å²) < 4.78 is 24.2. The van der Waals surface area contributed by atoms with Crippen molar-refractivity contribution >= 4 is 28.7 Å². The van der Waals surface area contributed by atoms with E-state index in [-0.39, 0.29) is 43.8 Å². The molecule has 0 radical (unpaired) electrons. The molecule has 1 unspecified atom stereocenters. The van der Waals surface area contributed by atoms with Crippen LogP contribution in [-0.4, -0.2) is 47.1 Å². The minimum Gasteiger partial charge on any atom is -0.454 e. The molecule has 0 aliphatic carbocycles. The minimum absolute atomic E-state index is 0.0941. The summed E-state index contributed by atoms with van der Waals surface area (Å²) in [7, 11) is 0. The van der Waals surface area contributed by atoms with Gasteiger partial charge in [0.2, 0.25) is 12.7 Å². The van der Waals surface area contributed by atoms with Gasteiger partial charge in [-0.2, -0.15) is 0 Å². The number of aromatic nitrogens is 1. The Labute approximate surface area is 194 Å². The Morgan fingerprint density at radius 2 is 2.00 bits per heavy atom. The van der Waals surface area contributed by atoms with Crippen LogP contribution >= 0.6 is 0 Å². The smallest absolute Gasteiger partial charge is 0.324 e. The molecule has 1 aromatic heterocycles. The summed E-state index contributed by atoms with van der Waals surface area (Å²) in [6, 6.07) is 8.66. The van der Waals surface area contributed by atoms with Crippen molar-refractivity contribution in [1.29, 1.82) is 0 Å². The second kappa shape index (κ2) is 9.05.